The van der Waals surface area contributed by atoms with Crippen LogP contribution < -0.4 is 5.32 Å². The zero-order valence-electron chi connectivity index (χ0n) is 20.0. The summed E-state index contributed by atoms with van der Waals surface area (Å²) in [6.07, 6.45) is 4.75. The molecular weight excluding hydrogens is 483 g/mol. The molecule has 1 saturated carbocycles. The SMILES string of the molecule is Cc1ccc(C(=O)NCCc2c[nH]c3ccccc23)c(C2CCN(C(=O)C3(C)CC3(Cl)Cl)CC2)n1. The Labute approximate surface area is 215 Å². The van der Waals surface area contributed by atoms with Gasteiger partial charge in [0.25, 0.3) is 5.91 Å². The molecule has 0 bridgehead atoms. The highest BCUT2D eigenvalue weighted by Gasteiger charge is 2.68. The lowest BCUT2D eigenvalue weighted by Crippen LogP contribution is -2.43. The summed E-state index contributed by atoms with van der Waals surface area (Å²) in [4.78, 5) is 36.0. The van der Waals surface area contributed by atoms with E-state index in [1.54, 1.807) is 0 Å². The number of aromatic nitrogens is 2. The number of aromatic amines is 1. The van der Waals surface area contributed by atoms with E-state index >= 15 is 0 Å². The quantitative estimate of drug-likeness (QED) is 0.449. The number of alkyl halides is 2. The van der Waals surface area contributed by atoms with E-state index in [4.69, 9.17) is 28.2 Å². The summed E-state index contributed by atoms with van der Waals surface area (Å²) >= 11 is 12.4. The van der Waals surface area contributed by atoms with Crippen LogP contribution in [0.1, 0.15) is 59.4 Å². The fraction of sp³-hybridized carbons (Fsp3) is 0.444. The molecule has 2 aromatic heterocycles. The molecule has 6 nitrogen and oxygen atoms in total. The molecule has 3 aromatic rings. The van der Waals surface area contributed by atoms with Crippen molar-refractivity contribution in [3.8, 4) is 0 Å². The number of fused-ring (bicyclic) bond motifs is 1. The summed E-state index contributed by atoms with van der Waals surface area (Å²) in [5.74, 6) is 0.0379. The molecule has 35 heavy (non-hydrogen) atoms. The van der Waals surface area contributed by atoms with Gasteiger partial charge in [0, 0.05) is 48.3 Å². The van der Waals surface area contributed by atoms with Gasteiger partial charge >= 0.3 is 0 Å². The number of nitrogens with zero attached hydrogens (tertiary/aromatic N) is 2. The summed E-state index contributed by atoms with van der Waals surface area (Å²) < 4.78 is -0.961. The largest absolute Gasteiger partial charge is 0.361 e. The third-order valence-electron chi connectivity index (χ3n) is 7.56. The second kappa shape index (κ2) is 9.14. The van der Waals surface area contributed by atoms with Crippen LogP contribution in [-0.4, -0.2) is 50.6 Å². The molecule has 1 aliphatic heterocycles. The number of piperidine rings is 1. The van der Waals surface area contributed by atoms with Crippen LogP contribution in [0.25, 0.3) is 10.9 Å². The molecule has 5 rings (SSSR count). The van der Waals surface area contributed by atoms with Gasteiger partial charge in [-0.15, -0.1) is 23.2 Å². The van der Waals surface area contributed by atoms with Crippen molar-refractivity contribution in [3.63, 3.8) is 0 Å². The number of para-hydroxylation sites is 1. The summed E-state index contributed by atoms with van der Waals surface area (Å²) in [5, 5.41) is 4.26. The molecule has 184 valence electrons. The van der Waals surface area contributed by atoms with E-state index < -0.39 is 9.75 Å². The van der Waals surface area contributed by atoms with Crippen LogP contribution in [0.4, 0.5) is 0 Å². The number of aryl methyl sites for hydroxylation is 1. The molecule has 1 unspecified atom stereocenters. The van der Waals surface area contributed by atoms with Gasteiger partial charge in [-0.05, 0) is 63.3 Å². The number of hydrogen-bond donors (Lipinski definition) is 2. The molecule has 2 aliphatic rings. The smallest absolute Gasteiger partial charge is 0.253 e. The molecule has 1 aliphatic carbocycles. The zero-order valence-corrected chi connectivity index (χ0v) is 21.5. The zero-order chi connectivity index (χ0) is 24.8. The standard InChI is InChI=1S/C27H30Cl2N4O2/c1-17-7-8-21(24(34)30-12-9-19-15-31-22-6-4-3-5-20(19)22)23(32-17)18-10-13-33(14-11-18)25(35)26(2)16-27(26,28)29/h3-8,15,18,31H,9-14,16H2,1-2H3,(H,30,34). The van der Waals surface area contributed by atoms with Crippen LogP contribution in [0.3, 0.4) is 0 Å². The van der Waals surface area contributed by atoms with Crippen LogP contribution in [0.5, 0.6) is 0 Å². The Morgan fingerprint density at radius 2 is 1.89 bits per heavy atom. The van der Waals surface area contributed by atoms with Gasteiger partial charge in [0.2, 0.25) is 5.91 Å². The van der Waals surface area contributed by atoms with E-state index in [9.17, 15) is 9.59 Å². The highest BCUT2D eigenvalue weighted by Crippen LogP contribution is 2.64. The molecule has 1 atom stereocenters. The van der Waals surface area contributed by atoms with E-state index in [-0.39, 0.29) is 17.7 Å². The summed E-state index contributed by atoms with van der Waals surface area (Å²) in [6, 6.07) is 11.9. The normalized spacial score (nSPS) is 21.8. The lowest BCUT2D eigenvalue weighted by Gasteiger charge is -2.34. The third kappa shape index (κ3) is 4.54. The van der Waals surface area contributed by atoms with Gasteiger partial charge in [-0.2, -0.15) is 0 Å². The highest BCUT2D eigenvalue weighted by molar-refractivity contribution is 6.53. The van der Waals surface area contributed by atoms with Crippen LogP contribution in [0, 0.1) is 12.3 Å². The van der Waals surface area contributed by atoms with Crippen LogP contribution in [0.2, 0.25) is 0 Å². The second-order valence-corrected chi connectivity index (χ2v) is 11.5. The van der Waals surface area contributed by atoms with E-state index in [0.717, 1.165) is 36.2 Å². The maximum absolute atomic E-state index is 13.1. The van der Waals surface area contributed by atoms with Gasteiger partial charge in [-0.3, -0.25) is 14.6 Å². The van der Waals surface area contributed by atoms with Gasteiger partial charge in [0.05, 0.1) is 16.7 Å². The predicted octanol–water partition coefficient (Wildman–Crippen LogP) is 5.13. The topological polar surface area (TPSA) is 78.1 Å². The van der Waals surface area contributed by atoms with Crippen molar-refractivity contribution < 1.29 is 9.59 Å². The van der Waals surface area contributed by atoms with E-state index in [2.05, 4.69) is 16.4 Å². The molecule has 3 heterocycles. The van der Waals surface area contributed by atoms with Crippen molar-refractivity contribution in [1.82, 2.24) is 20.2 Å². The number of amides is 2. The number of nitrogens with one attached hydrogen (secondary N) is 2. The Kier molecular flexibility index (Phi) is 6.30. The van der Waals surface area contributed by atoms with Crippen molar-refractivity contribution in [1.29, 1.82) is 0 Å². The minimum absolute atomic E-state index is 0.0217. The summed E-state index contributed by atoms with van der Waals surface area (Å²) in [7, 11) is 0. The van der Waals surface area contributed by atoms with Gasteiger partial charge < -0.3 is 15.2 Å². The number of rotatable bonds is 6. The van der Waals surface area contributed by atoms with Crippen LogP contribution in [-0.2, 0) is 11.2 Å². The molecule has 2 amide bonds. The average Bonchev–Trinajstić information content (AvgIpc) is 3.16. The number of carbonyl (C=O) groups excluding carboxylic acids is 2. The minimum Gasteiger partial charge on any atom is -0.361 e. The minimum atomic E-state index is -0.961. The second-order valence-electron chi connectivity index (χ2n) is 10.0. The van der Waals surface area contributed by atoms with Gasteiger partial charge in [0.15, 0.2) is 0 Å². The van der Waals surface area contributed by atoms with Gasteiger partial charge in [0.1, 0.15) is 4.33 Å². The number of H-pyrrole nitrogens is 1. The number of hydrogen-bond acceptors (Lipinski definition) is 3. The monoisotopic (exact) mass is 512 g/mol. The first-order valence-electron chi connectivity index (χ1n) is 12.2. The molecular formula is C27H30Cl2N4O2. The molecule has 1 aromatic carbocycles. The van der Waals surface area contributed by atoms with Crippen molar-refractivity contribution >= 4 is 45.9 Å². The molecule has 0 radical (unpaired) electrons. The Bertz CT molecular complexity index is 1280. The average molecular weight is 513 g/mol. The van der Waals surface area contributed by atoms with Gasteiger partial charge in [-0.25, -0.2) is 0 Å². The van der Waals surface area contributed by atoms with Crippen molar-refractivity contribution in [2.24, 2.45) is 5.41 Å². The molecule has 1 saturated heterocycles. The van der Waals surface area contributed by atoms with E-state index in [1.807, 2.05) is 55.3 Å². The Balaban J connectivity index is 1.23. The fourth-order valence-electron chi connectivity index (χ4n) is 5.16. The first-order valence-corrected chi connectivity index (χ1v) is 12.9. The Morgan fingerprint density at radius 1 is 1.17 bits per heavy atom. The Morgan fingerprint density at radius 3 is 2.60 bits per heavy atom. The molecule has 8 heteroatoms. The number of benzene rings is 1. The fourth-order valence-corrected chi connectivity index (χ4v) is 5.86. The highest BCUT2D eigenvalue weighted by atomic mass is 35.5. The van der Waals surface area contributed by atoms with Crippen molar-refractivity contribution in [3.05, 3.63) is 65.1 Å². The maximum atomic E-state index is 13.1. The summed E-state index contributed by atoms with van der Waals surface area (Å²) in [5.41, 5.74) is 3.91. The number of halogens is 2. The van der Waals surface area contributed by atoms with Crippen molar-refractivity contribution in [2.75, 3.05) is 19.6 Å². The molecule has 2 N–H and O–H groups in total. The van der Waals surface area contributed by atoms with Crippen LogP contribution >= 0.6 is 23.2 Å². The van der Waals surface area contributed by atoms with Gasteiger partial charge in [-0.1, -0.05) is 18.2 Å². The van der Waals surface area contributed by atoms with Crippen LogP contribution in [0.15, 0.2) is 42.6 Å². The lowest BCUT2D eigenvalue weighted by molar-refractivity contribution is -0.137. The third-order valence-corrected chi connectivity index (χ3v) is 8.66. The molecule has 0 spiro atoms. The van der Waals surface area contributed by atoms with E-state index in [0.29, 0.717) is 31.6 Å². The maximum Gasteiger partial charge on any atom is 0.253 e. The van der Waals surface area contributed by atoms with Crippen molar-refractivity contribution in [2.45, 2.75) is 49.8 Å². The first-order chi connectivity index (χ1) is 16.7. The predicted molar refractivity (Wildman–Crippen MR) is 139 cm³/mol. The first kappa shape index (κ1) is 24.1. The number of carbonyl (C=O) groups is 2. The summed E-state index contributed by atoms with van der Waals surface area (Å²) in [6.45, 7) is 5.54. The number of pyridine rings is 1. The number of likely N-dealkylation sites (tertiary alicyclic amines) is 1. The van der Waals surface area contributed by atoms with E-state index in [1.165, 1.54) is 10.9 Å². The lowest BCUT2D eigenvalue weighted by atomic mass is 9.89. The molecule has 2 fully saturated rings. The Hall–Kier alpha value is -2.57.